The molecular weight excluding hydrogens is 677 g/mol. The normalized spacial score (nSPS) is 11.9. The Morgan fingerprint density at radius 2 is 1.19 bits per heavy atom. The maximum Gasteiger partial charge on any atom is 0.490 e. The molecule has 0 aliphatic heterocycles. The van der Waals surface area contributed by atoms with Crippen LogP contribution in [0.1, 0.15) is 122 Å². The number of unbranched alkanes of at least 4 members (excludes halogenated alkanes) is 11. The molecule has 0 saturated carbocycles. The van der Waals surface area contributed by atoms with E-state index in [1.165, 1.54) is 77.0 Å². The Balaban J connectivity index is 0.00000335. The van der Waals surface area contributed by atoms with E-state index in [0.29, 0.717) is 19.4 Å². The molecule has 0 bridgehead atoms. The molecular formula is C38H69F3N6O5. The summed E-state index contributed by atoms with van der Waals surface area (Å²) in [6.45, 7) is 9.53. The van der Waals surface area contributed by atoms with Gasteiger partial charge in [0.2, 0.25) is 11.8 Å². The van der Waals surface area contributed by atoms with Crippen LogP contribution in [0.3, 0.4) is 0 Å². The summed E-state index contributed by atoms with van der Waals surface area (Å²) in [6.07, 6.45) is 14.6. The van der Waals surface area contributed by atoms with E-state index in [1.807, 2.05) is 6.92 Å². The van der Waals surface area contributed by atoms with Gasteiger partial charge in [-0.15, -0.1) is 0 Å². The van der Waals surface area contributed by atoms with Gasteiger partial charge in [-0.05, 0) is 115 Å². The van der Waals surface area contributed by atoms with Crippen LogP contribution in [0, 0.1) is 0 Å². The van der Waals surface area contributed by atoms with Gasteiger partial charge in [-0.1, -0.05) is 70.4 Å². The van der Waals surface area contributed by atoms with Gasteiger partial charge in [-0.3, -0.25) is 9.59 Å². The van der Waals surface area contributed by atoms with E-state index in [-0.39, 0.29) is 17.6 Å². The number of aromatic hydroxyl groups is 1. The number of nitrogens with two attached hydrogens (primary N) is 2. The predicted molar refractivity (Wildman–Crippen MR) is 202 cm³/mol. The number of nitrogens with zero attached hydrogens (tertiary/aromatic N) is 1. The SMILES string of the molecule is CCCC(=O)N[C@@H](Cc1ccc(O)cc1)C(=O)NCCCN(CCCCCCN)CCCCCCCCNCCCCCCN.O=C(O)C(F)(F)F. The van der Waals surface area contributed by atoms with E-state index < -0.39 is 18.2 Å². The third-order valence-electron chi connectivity index (χ3n) is 8.51. The highest BCUT2D eigenvalue weighted by Gasteiger charge is 2.38. The molecule has 1 atom stereocenters. The van der Waals surface area contributed by atoms with Crippen molar-refractivity contribution >= 4 is 17.8 Å². The number of benzene rings is 1. The minimum Gasteiger partial charge on any atom is -0.508 e. The zero-order chi connectivity index (χ0) is 38.9. The summed E-state index contributed by atoms with van der Waals surface area (Å²) < 4.78 is 31.7. The third-order valence-corrected chi connectivity index (χ3v) is 8.51. The van der Waals surface area contributed by atoms with Crippen molar-refractivity contribution in [2.24, 2.45) is 11.5 Å². The van der Waals surface area contributed by atoms with Crippen molar-refractivity contribution in [2.75, 3.05) is 52.4 Å². The smallest absolute Gasteiger partial charge is 0.490 e. The standard InChI is InChI=1S/C36H68N6O3.C2HF3O2/c1-2-18-35(44)41-34(31-32-19-21-33(43)22-20-32)36(45)40-27-17-30-42(29-16-10-6-12-24-38)28-15-9-4-3-7-13-25-39-26-14-8-5-11-23-37;3-2(4,5)1(6)7/h19-22,34,39,43H,2-18,23-31,37-38H2,1H3,(H,40,45)(H,41,44);(H,6,7)/t34-;/m0./s1. The molecule has 52 heavy (non-hydrogen) atoms. The molecule has 0 fully saturated rings. The molecule has 1 aromatic rings. The van der Waals surface area contributed by atoms with Crippen LogP contribution in [-0.2, 0) is 20.8 Å². The molecule has 0 aromatic heterocycles. The van der Waals surface area contributed by atoms with Crippen molar-refractivity contribution in [2.45, 2.75) is 135 Å². The van der Waals surface area contributed by atoms with Crippen LogP contribution in [0.5, 0.6) is 5.75 Å². The second-order valence-corrected chi connectivity index (χ2v) is 13.3. The summed E-state index contributed by atoms with van der Waals surface area (Å²) in [5.74, 6) is -2.84. The topological polar surface area (TPSA) is 183 Å². The van der Waals surface area contributed by atoms with Gasteiger partial charge in [-0.25, -0.2) is 4.79 Å². The number of phenolic OH excluding ortho intramolecular Hbond substituents is 1. The zero-order valence-electron chi connectivity index (χ0n) is 31.6. The molecule has 2 amide bonds. The second kappa shape index (κ2) is 32.7. The number of carboxylic acids is 1. The van der Waals surface area contributed by atoms with Gasteiger partial charge in [-0.2, -0.15) is 13.2 Å². The molecule has 9 N–H and O–H groups in total. The fraction of sp³-hybridized carbons (Fsp3) is 0.763. The predicted octanol–water partition coefficient (Wildman–Crippen LogP) is 5.63. The monoisotopic (exact) mass is 747 g/mol. The van der Waals surface area contributed by atoms with Gasteiger partial charge < -0.3 is 42.5 Å². The highest BCUT2D eigenvalue weighted by Crippen LogP contribution is 2.14. The molecule has 11 nitrogen and oxygen atoms in total. The van der Waals surface area contributed by atoms with Gasteiger partial charge in [0.05, 0.1) is 0 Å². The fourth-order valence-corrected chi connectivity index (χ4v) is 5.54. The van der Waals surface area contributed by atoms with E-state index >= 15 is 0 Å². The Hall–Kier alpha value is -2.94. The van der Waals surface area contributed by atoms with Crippen LogP contribution in [0.2, 0.25) is 0 Å². The summed E-state index contributed by atoms with van der Waals surface area (Å²) in [7, 11) is 0. The van der Waals surface area contributed by atoms with E-state index in [0.717, 1.165) is 77.1 Å². The van der Waals surface area contributed by atoms with Crippen molar-refractivity contribution in [3.8, 4) is 5.75 Å². The molecule has 0 heterocycles. The van der Waals surface area contributed by atoms with Gasteiger partial charge in [0.1, 0.15) is 11.8 Å². The lowest BCUT2D eigenvalue weighted by molar-refractivity contribution is -0.192. The highest BCUT2D eigenvalue weighted by molar-refractivity contribution is 5.87. The van der Waals surface area contributed by atoms with Crippen LogP contribution in [0.4, 0.5) is 13.2 Å². The Bertz CT molecular complexity index is 1030. The first-order chi connectivity index (χ1) is 24.9. The number of alkyl halides is 3. The molecule has 0 spiro atoms. The Morgan fingerprint density at radius 1 is 0.731 bits per heavy atom. The summed E-state index contributed by atoms with van der Waals surface area (Å²) in [4.78, 5) is 36.8. The first-order valence-corrected chi connectivity index (χ1v) is 19.4. The Morgan fingerprint density at radius 3 is 1.67 bits per heavy atom. The number of aliphatic carboxylic acids is 1. The van der Waals surface area contributed by atoms with Crippen LogP contribution in [0.15, 0.2) is 24.3 Å². The van der Waals surface area contributed by atoms with E-state index in [2.05, 4.69) is 20.9 Å². The van der Waals surface area contributed by atoms with Gasteiger partial charge in [0.25, 0.3) is 0 Å². The van der Waals surface area contributed by atoms with Crippen LogP contribution in [0.25, 0.3) is 0 Å². The third kappa shape index (κ3) is 29.6. The molecule has 14 heteroatoms. The van der Waals surface area contributed by atoms with E-state index in [4.69, 9.17) is 21.4 Å². The number of hydrogen-bond acceptors (Lipinski definition) is 8. The molecule has 1 aromatic carbocycles. The minimum atomic E-state index is -5.08. The first-order valence-electron chi connectivity index (χ1n) is 19.4. The quantitative estimate of drug-likeness (QED) is 0.0474. The van der Waals surface area contributed by atoms with Crippen molar-refractivity contribution in [1.82, 2.24) is 20.9 Å². The average molecular weight is 747 g/mol. The molecule has 0 aliphatic rings. The molecule has 0 saturated heterocycles. The number of amides is 2. The van der Waals surface area contributed by atoms with Gasteiger partial charge in [0, 0.05) is 19.4 Å². The van der Waals surface area contributed by atoms with Crippen molar-refractivity contribution in [3.05, 3.63) is 29.8 Å². The second-order valence-electron chi connectivity index (χ2n) is 13.3. The minimum absolute atomic E-state index is 0.112. The number of rotatable bonds is 31. The Kier molecular flexibility index (Phi) is 30.8. The summed E-state index contributed by atoms with van der Waals surface area (Å²) >= 11 is 0. The number of nitrogens with one attached hydrogen (secondary N) is 3. The zero-order valence-corrected chi connectivity index (χ0v) is 31.6. The lowest BCUT2D eigenvalue weighted by Crippen LogP contribution is -2.48. The van der Waals surface area contributed by atoms with Gasteiger partial charge >= 0.3 is 12.1 Å². The molecule has 1 rings (SSSR count). The number of carbonyl (C=O) groups excluding carboxylic acids is 2. The highest BCUT2D eigenvalue weighted by atomic mass is 19.4. The number of carboxylic acid groups (broad SMARTS) is 1. The van der Waals surface area contributed by atoms with Crippen molar-refractivity contribution in [1.29, 1.82) is 0 Å². The van der Waals surface area contributed by atoms with Crippen molar-refractivity contribution < 1.29 is 37.8 Å². The van der Waals surface area contributed by atoms with Gasteiger partial charge in [0.15, 0.2) is 0 Å². The fourth-order valence-electron chi connectivity index (χ4n) is 5.54. The maximum absolute atomic E-state index is 13.1. The summed E-state index contributed by atoms with van der Waals surface area (Å²) in [6, 6.07) is 6.16. The number of hydrogen-bond donors (Lipinski definition) is 7. The van der Waals surface area contributed by atoms with Crippen LogP contribution in [-0.4, -0.2) is 97.5 Å². The van der Waals surface area contributed by atoms with Crippen LogP contribution < -0.4 is 27.4 Å². The molecule has 0 radical (unpaired) electrons. The summed E-state index contributed by atoms with van der Waals surface area (Å²) in [5, 5.41) is 26.3. The largest absolute Gasteiger partial charge is 0.508 e. The van der Waals surface area contributed by atoms with Crippen LogP contribution >= 0.6 is 0 Å². The lowest BCUT2D eigenvalue weighted by Gasteiger charge is -2.23. The average Bonchev–Trinajstić information content (AvgIpc) is 3.10. The molecule has 302 valence electrons. The molecule has 0 aliphatic carbocycles. The maximum atomic E-state index is 13.1. The molecule has 0 unspecified atom stereocenters. The number of halogens is 3. The van der Waals surface area contributed by atoms with E-state index in [1.54, 1.807) is 24.3 Å². The van der Waals surface area contributed by atoms with E-state index in [9.17, 15) is 27.9 Å². The van der Waals surface area contributed by atoms with Crippen molar-refractivity contribution in [3.63, 3.8) is 0 Å². The number of carbonyl (C=O) groups is 3. The summed E-state index contributed by atoms with van der Waals surface area (Å²) in [5.41, 5.74) is 12.1. The Labute approximate surface area is 310 Å². The number of phenols is 1. The first kappa shape index (κ1) is 49.1. The lowest BCUT2D eigenvalue weighted by atomic mass is 10.0.